The Kier molecular flexibility index (Phi) is 7.18. The Morgan fingerprint density at radius 3 is 2.12 bits per heavy atom. The van der Waals surface area contributed by atoms with Gasteiger partial charge in [0.05, 0.1) is 0 Å². The molecule has 0 aromatic heterocycles. The molecule has 0 heterocycles. The molecule has 1 atom stereocenters. The van der Waals surface area contributed by atoms with E-state index in [-0.39, 0.29) is 25.0 Å². The van der Waals surface area contributed by atoms with Gasteiger partial charge >= 0.3 is 12.1 Å². The number of carbonyl (C=O) groups is 3. The molecular formula is C25H30N2O5. The third-order valence-electron chi connectivity index (χ3n) is 5.99. The molecule has 7 heteroatoms. The first-order chi connectivity index (χ1) is 15.2. The van der Waals surface area contributed by atoms with Gasteiger partial charge in [0.1, 0.15) is 12.6 Å². The summed E-state index contributed by atoms with van der Waals surface area (Å²) in [6, 6.07) is 15.3. The molecule has 0 saturated carbocycles. The lowest BCUT2D eigenvalue weighted by Crippen LogP contribution is -2.47. The van der Waals surface area contributed by atoms with Crippen molar-refractivity contribution in [3.8, 4) is 11.1 Å². The molecule has 1 aliphatic carbocycles. The van der Waals surface area contributed by atoms with E-state index in [1.165, 1.54) is 0 Å². The van der Waals surface area contributed by atoms with Gasteiger partial charge in [-0.15, -0.1) is 0 Å². The fourth-order valence-corrected chi connectivity index (χ4v) is 3.93. The van der Waals surface area contributed by atoms with E-state index >= 15 is 0 Å². The predicted molar refractivity (Wildman–Crippen MR) is 121 cm³/mol. The Labute approximate surface area is 188 Å². The van der Waals surface area contributed by atoms with Gasteiger partial charge in [-0.05, 0) is 35.1 Å². The van der Waals surface area contributed by atoms with Crippen LogP contribution in [-0.4, -0.2) is 42.3 Å². The van der Waals surface area contributed by atoms with E-state index in [0.717, 1.165) is 22.3 Å². The highest BCUT2D eigenvalue weighted by Crippen LogP contribution is 2.44. The van der Waals surface area contributed by atoms with E-state index in [0.29, 0.717) is 12.8 Å². The van der Waals surface area contributed by atoms with Crippen molar-refractivity contribution in [2.45, 2.75) is 45.6 Å². The average molecular weight is 439 g/mol. The maximum Gasteiger partial charge on any atom is 0.407 e. The van der Waals surface area contributed by atoms with Gasteiger partial charge in [-0.3, -0.25) is 4.79 Å². The van der Waals surface area contributed by atoms with E-state index in [2.05, 4.69) is 34.9 Å². The number of carboxylic acids is 1. The number of carboxylic acid groups (broad SMARTS) is 1. The van der Waals surface area contributed by atoms with Gasteiger partial charge in [0.15, 0.2) is 0 Å². The van der Waals surface area contributed by atoms with Crippen LogP contribution in [0.3, 0.4) is 0 Å². The lowest BCUT2D eigenvalue weighted by atomic mass is 9.88. The molecule has 2 amide bonds. The molecule has 7 nitrogen and oxygen atoms in total. The zero-order chi connectivity index (χ0) is 23.3. The number of fused-ring (bicyclic) bond motifs is 3. The third kappa shape index (κ3) is 5.10. The topological polar surface area (TPSA) is 105 Å². The molecule has 0 fully saturated rings. The average Bonchev–Trinajstić information content (AvgIpc) is 3.09. The lowest BCUT2D eigenvalue weighted by molar-refractivity contribution is -0.143. The quantitative estimate of drug-likeness (QED) is 0.550. The predicted octanol–water partition coefficient (Wildman–Crippen LogP) is 3.92. The van der Waals surface area contributed by atoms with E-state index in [1.807, 2.05) is 24.3 Å². The lowest BCUT2D eigenvalue weighted by Gasteiger charge is -2.25. The Balaban J connectivity index is 1.51. The SMILES string of the molecule is CC[C@H](NC(=O)C(C)(C)CCNC(=O)OCC1c2ccccc2-c2ccccc21)C(=O)O. The summed E-state index contributed by atoms with van der Waals surface area (Å²) in [5.41, 5.74) is 3.78. The second-order valence-electron chi connectivity index (χ2n) is 8.66. The fraction of sp³-hybridized carbons (Fsp3) is 0.400. The van der Waals surface area contributed by atoms with Gasteiger partial charge in [0.25, 0.3) is 0 Å². The van der Waals surface area contributed by atoms with Gasteiger partial charge in [-0.1, -0.05) is 69.3 Å². The van der Waals surface area contributed by atoms with E-state index < -0.39 is 23.5 Å². The summed E-state index contributed by atoms with van der Waals surface area (Å²) in [7, 11) is 0. The molecule has 0 aliphatic heterocycles. The van der Waals surface area contributed by atoms with Crippen molar-refractivity contribution in [2.75, 3.05) is 13.2 Å². The number of rotatable bonds is 9. The summed E-state index contributed by atoms with van der Waals surface area (Å²) >= 11 is 0. The minimum Gasteiger partial charge on any atom is -0.480 e. The van der Waals surface area contributed by atoms with E-state index in [9.17, 15) is 14.4 Å². The van der Waals surface area contributed by atoms with Crippen LogP contribution < -0.4 is 10.6 Å². The van der Waals surface area contributed by atoms with Crippen LogP contribution >= 0.6 is 0 Å². The van der Waals surface area contributed by atoms with Crippen LogP contribution in [0.1, 0.15) is 50.7 Å². The van der Waals surface area contributed by atoms with Crippen molar-refractivity contribution in [3.63, 3.8) is 0 Å². The van der Waals surface area contributed by atoms with Crippen LogP contribution in [0.2, 0.25) is 0 Å². The first-order valence-corrected chi connectivity index (χ1v) is 10.9. The highest BCUT2D eigenvalue weighted by Gasteiger charge is 2.31. The molecule has 1 aliphatic rings. The molecule has 0 bridgehead atoms. The molecule has 3 N–H and O–H groups in total. The first-order valence-electron chi connectivity index (χ1n) is 10.9. The molecule has 2 aromatic carbocycles. The van der Waals surface area contributed by atoms with Crippen LogP contribution in [0.25, 0.3) is 11.1 Å². The van der Waals surface area contributed by atoms with Crippen molar-refractivity contribution >= 4 is 18.0 Å². The Morgan fingerprint density at radius 1 is 1.03 bits per heavy atom. The number of hydrogen-bond donors (Lipinski definition) is 3. The van der Waals surface area contributed by atoms with Crippen LogP contribution in [0, 0.1) is 5.41 Å². The van der Waals surface area contributed by atoms with Gasteiger partial charge in [0, 0.05) is 17.9 Å². The first kappa shape index (κ1) is 23.3. The van der Waals surface area contributed by atoms with Gasteiger partial charge in [0.2, 0.25) is 5.91 Å². The number of alkyl carbamates (subject to hydrolysis) is 1. The molecule has 3 rings (SSSR count). The Hall–Kier alpha value is -3.35. The largest absolute Gasteiger partial charge is 0.480 e. The molecular weight excluding hydrogens is 408 g/mol. The van der Waals surface area contributed by atoms with Crippen molar-refractivity contribution in [2.24, 2.45) is 5.41 Å². The molecule has 170 valence electrons. The number of aliphatic carboxylic acids is 1. The maximum absolute atomic E-state index is 12.4. The van der Waals surface area contributed by atoms with E-state index in [4.69, 9.17) is 9.84 Å². The summed E-state index contributed by atoms with van der Waals surface area (Å²) < 4.78 is 5.50. The second kappa shape index (κ2) is 9.85. The standard InChI is InChI=1S/C25H30N2O5/c1-4-21(22(28)29)27-23(30)25(2,3)13-14-26-24(31)32-15-20-18-11-7-5-9-16(18)17-10-6-8-12-19(17)20/h5-12,20-21H,4,13-15H2,1-3H3,(H,26,31)(H,27,30)(H,28,29)/t21-/m0/s1. The van der Waals surface area contributed by atoms with Gasteiger partial charge in [-0.2, -0.15) is 0 Å². The minimum absolute atomic E-state index is 0.0163. The maximum atomic E-state index is 12.4. The normalized spacial score (nSPS) is 13.6. The number of nitrogens with one attached hydrogen (secondary N) is 2. The molecule has 0 radical (unpaired) electrons. The van der Waals surface area contributed by atoms with Crippen molar-refractivity contribution in [1.82, 2.24) is 10.6 Å². The zero-order valence-electron chi connectivity index (χ0n) is 18.7. The minimum atomic E-state index is -1.06. The third-order valence-corrected chi connectivity index (χ3v) is 5.99. The second-order valence-corrected chi connectivity index (χ2v) is 8.66. The van der Waals surface area contributed by atoms with Crippen LogP contribution in [0.15, 0.2) is 48.5 Å². The highest BCUT2D eigenvalue weighted by atomic mass is 16.5. The Morgan fingerprint density at radius 2 is 1.59 bits per heavy atom. The summed E-state index contributed by atoms with van der Waals surface area (Å²) in [4.78, 5) is 35.9. The monoisotopic (exact) mass is 438 g/mol. The molecule has 0 spiro atoms. The van der Waals surface area contributed by atoms with Crippen molar-refractivity contribution in [3.05, 3.63) is 59.7 Å². The number of hydrogen-bond acceptors (Lipinski definition) is 4. The Bertz CT molecular complexity index is 956. The summed E-state index contributed by atoms with van der Waals surface area (Å²) in [5.74, 6) is -1.44. The molecule has 0 unspecified atom stereocenters. The fourth-order valence-electron chi connectivity index (χ4n) is 3.93. The summed E-state index contributed by atoms with van der Waals surface area (Å²) in [6.45, 7) is 5.60. The van der Waals surface area contributed by atoms with Gasteiger partial charge < -0.3 is 20.5 Å². The molecule has 0 saturated heterocycles. The van der Waals surface area contributed by atoms with Crippen molar-refractivity contribution < 1.29 is 24.2 Å². The number of amides is 2. The van der Waals surface area contributed by atoms with E-state index in [1.54, 1.807) is 20.8 Å². The van der Waals surface area contributed by atoms with Gasteiger partial charge in [-0.25, -0.2) is 9.59 Å². The number of carbonyl (C=O) groups excluding carboxylic acids is 2. The zero-order valence-corrected chi connectivity index (χ0v) is 18.7. The van der Waals surface area contributed by atoms with Crippen molar-refractivity contribution in [1.29, 1.82) is 0 Å². The smallest absolute Gasteiger partial charge is 0.407 e. The number of benzene rings is 2. The van der Waals surface area contributed by atoms with Crippen LogP contribution in [0.5, 0.6) is 0 Å². The highest BCUT2D eigenvalue weighted by molar-refractivity contribution is 5.87. The van der Waals surface area contributed by atoms with Crippen LogP contribution in [0.4, 0.5) is 4.79 Å². The molecule has 32 heavy (non-hydrogen) atoms. The molecule has 2 aromatic rings. The summed E-state index contributed by atoms with van der Waals surface area (Å²) in [6.07, 6.45) is 0.105. The number of ether oxygens (including phenoxy) is 1. The van der Waals surface area contributed by atoms with Crippen LogP contribution in [-0.2, 0) is 14.3 Å². The summed E-state index contributed by atoms with van der Waals surface area (Å²) in [5, 5.41) is 14.4.